The van der Waals surface area contributed by atoms with E-state index in [-0.39, 0.29) is 6.61 Å². The molecule has 106 valence electrons. The molecule has 0 aliphatic carbocycles. The van der Waals surface area contributed by atoms with Crippen LogP contribution in [0, 0.1) is 11.3 Å². The summed E-state index contributed by atoms with van der Waals surface area (Å²) in [5.41, 5.74) is 1.27. The molecule has 4 nitrogen and oxygen atoms in total. The molecule has 0 spiro atoms. The van der Waals surface area contributed by atoms with Crippen molar-refractivity contribution in [2.75, 3.05) is 13.7 Å². The van der Waals surface area contributed by atoms with Crippen molar-refractivity contribution in [1.82, 2.24) is 0 Å². The van der Waals surface area contributed by atoms with E-state index in [0.717, 1.165) is 5.56 Å². The largest absolute Gasteiger partial charge is 0.497 e. The molecule has 0 saturated heterocycles. The van der Waals surface area contributed by atoms with Crippen LogP contribution in [0.3, 0.4) is 0 Å². The molecule has 0 saturated carbocycles. The van der Waals surface area contributed by atoms with Crippen LogP contribution >= 0.6 is 0 Å². The number of methoxy groups -OCH3 is 1. The van der Waals surface area contributed by atoms with Gasteiger partial charge in [-0.1, -0.05) is 30.3 Å². The molecule has 2 rings (SSSR count). The Morgan fingerprint density at radius 2 is 1.81 bits per heavy atom. The third-order valence-electron chi connectivity index (χ3n) is 3.06. The van der Waals surface area contributed by atoms with E-state index in [1.165, 1.54) is 0 Å². The van der Waals surface area contributed by atoms with Crippen LogP contribution < -0.4 is 4.74 Å². The highest BCUT2D eigenvalue weighted by Crippen LogP contribution is 2.16. The van der Waals surface area contributed by atoms with Crippen molar-refractivity contribution >= 4 is 5.97 Å². The van der Waals surface area contributed by atoms with Gasteiger partial charge in [-0.2, -0.15) is 5.26 Å². The Labute approximate surface area is 123 Å². The number of esters is 1. The maximum absolute atomic E-state index is 11.9. The van der Waals surface area contributed by atoms with E-state index in [2.05, 4.69) is 6.07 Å². The number of hydrogen-bond donors (Lipinski definition) is 0. The fourth-order valence-electron chi connectivity index (χ4n) is 1.86. The number of ether oxygens (including phenoxy) is 2. The fraction of sp³-hybridized carbons (Fsp3) is 0.176. The van der Waals surface area contributed by atoms with Gasteiger partial charge in [0.2, 0.25) is 0 Å². The van der Waals surface area contributed by atoms with E-state index in [9.17, 15) is 10.1 Å². The molecule has 2 aromatic carbocycles. The summed E-state index contributed by atoms with van der Waals surface area (Å²) in [6.45, 7) is 0.0331. The predicted octanol–water partition coefficient (Wildman–Crippen LogP) is 3.16. The normalized spacial score (nSPS) is 11.2. The maximum atomic E-state index is 11.9. The summed E-state index contributed by atoms with van der Waals surface area (Å²) in [6.07, 6.45) is 0. The van der Waals surface area contributed by atoms with Gasteiger partial charge in [0.1, 0.15) is 18.3 Å². The summed E-state index contributed by atoms with van der Waals surface area (Å²) in [5.74, 6) is -0.243. The van der Waals surface area contributed by atoms with Gasteiger partial charge in [0.15, 0.2) is 0 Å². The molecule has 0 aromatic heterocycles. The Morgan fingerprint density at radius 1 is 1.14 bits per heavy atom. The van der Waals surface area contributed by atoms with Gasteiger partial charge in [0.05, 0.1) is 18.7 Å². The summed E-state index contributed by atoms with van der Waals surface area (Å²) < 4.78 is 10.2. The van der Waals surface area contributed by atoms with Crippen LogP contribution in [-0.2, 0) is 4.74 Å². The third kappa shape index (κ3) is 3.83. The second-order valence-corrected chi connectivity index (χ2v) is 4.42. The maximum Gasteiger partial charge on any atom is 0.338 e. The molecular formula is C17H15NO3. The fourth-order valence-corrected chi connectivity index (χ4v) is 1.86. The second-order valence-electron chi connectivity index (χ2n) is 4.42. The highest BCUT2D eigenvalue weighted by atomic mass is 16.5. The lowest BCUT2D eigenvalue weighted by atomic mass is 10.0. The number of rotatable bonds is 5. The van der Waals surface area contributed by atoms with Gasteiger partial charge >= 0.3 is 5.97 Å². The number of carbonyl (C=O) groups excluding carboxylic acids is 1. The van der Waals surface area contributed by atoms with Gasteiger partial charge < -0.3 is 9.47 Å². The van der Waals surface area contributed by atoms with Crippen molar-refractivity contribution < 1.29 is 14.3 Å². The lowest BCUT2D eigenvalue weighted by Gasteiger charge is -2.10. The summed E-state index contributed by atoms with van der Waals surface area (Å²) in [5, 5.41) is 9.17. The smallest absolute Gasteiger partial charge is 0.338 e. The Balaban J connectivity index is 1.98. The molecule has 21 heavy (non-hydrogen) atoms. The molecule has 0 radical (unpaired) electrons. The van der Waals surface area contributed by atoms with Crippen molar-refractivity contribution in [3.8, 4) is 11.8 Å². The quantitative estimate of drug-likeness (QED) is 0.790. The minimum Gasteiger partial charge on any atom is -0.497 e. The van der Waals surface area contributed by atoms with Crippen molar-refractivity contribution in [1.29, 1.82) is 5.26 Å². The highest BCUT2D eigenvalue weighted by molar-refractivity contribution is 5.89. The molecule has 0 aliphatic rings. The van der Waals surface area contributed by atoms with Crippen LogP contribution in [0.5, 0.6) is 5.75 Å². The molecule has 1 atom stereocenters. The van der Waals surface area contributed by atoms with E-state index in [1.807, 2.05) is 30.3 Å². The Kier molecular flexibility index (Phi) is 4.94. The zero-order chi connectivity index (χ0) is 15.1. The first-order valence-corrected chi connectivity index (χ1v) is 6.50. The molecule has 0 amide bonds. The van der Waals surface area contributed by atoms with Crippen LogP contribution in [0.4, 0.5) is 0 Å². The number of carbonyl (C=O) groups is 1. The lowest BCUT2D eigenvalue weighted by Crippen LogP contribution is -2.12. The minimum atomic E-state index is -0.464. The van der Waals surface area contributed by atoms with E-state index >= 15 is 0 Å². The SMILES string of the molecule is COc1ccc(C(=O)OC[C@H](C#N)c2ccccc2)cc1. The standard InChI is InChI=1S/C17H15NO3/c1-20-16-9-7-14(8-10-16)17(19)21-12-15(11-18)13-5-3-2-4-6-13/h2-10,15H,12H2,1H3/t15-/m0/s1. The molecule has 0 fully saturated rings. The van der Waals surface area contributed by atoms with Gasteiger partial charge in [-0.15, -0.1) is 0 Å². The van der Waals surface area contributed by atoms with Gasteiger partial charge in [-0.05, 0) is 29.8 Å². The molecule has 0 aliphatic heterocycles. The van der Waals surface area contributed by atoms with E-state index < -0.39 is 11.9 Å². The number of hydrogen-bond acceptors (Lipinski definition) is 4. The zero-order valence-corrected chi connectivity index (χ0v) is 11.7. The monoisotopic (exact) mass is 281 g/mol. The van der Waals surface area contributed by atoms with E-state index in [1.54, 1.807) is 31.4 Å². The average Bonchev–Trinajstić information content (AvgIpc) is 2.56. The molecule has 2 aromatic rings. The number of nitrogens with zero attached hydrogens (tertiary/aromatic N) is 1. The van der Waals surface area contributed by atoms with Crippen molar-refractivity contribution in [3.63, 3.8) is 0 Å². The van der Waals surface area contributed by atoms with Crippen molar-refractivity contribution in [2.24, 2.45) is 0 Å². The number of nitriles is 1. The van der Waals surface area contributed by atoms with E-state index in [4.69, 9.17) is 9.47 Å². The Bertz CT molecular complexity index is 629. The minimum absolute atomic E-state index is 0.0331. The first-order chi connectivity index (χ1) is 10.2. The molecule has 0 unspecified atom stereocenters. The average molecular weight is 281 g/mol. The molecule has 0 heterocycles. The Hall–Kier alpha value is -2.80. The van der Waals surface area contributed by atoms with Gasteiger partial charge in [0.25, 0.3) is 0 Å². The van der Waals surface area contributed by atoms with Crippen LogP contribution in [0.1, 0.15) is 21.8 Å². The summed E-state index contributed by atoms with van der Waals surface area (Å²) >= 11 is 0. The topological polar surface area (TPSA) is 59.3 Å². The van der Waals surface area contributed by atoms with Crippen molar-refractivity contribution in [2.45, 2.75) is 5.92 Å². The molecule has 0 bridgehead atoms. The van der Waals surface area contributed by atoms with Gasteiger partial charge in [-0.25, -0.2) is 4.79 Å². The molecule has 4 heteroatoms. The summed E-state index contributed by atoms with van der Waals surface area (Å²) in [6, 6.07) is 18.1. The van der Waals surface area contributed by atoms with Gasteiger partial charge in [-0.3, -0.25) is 0 Å². The van der Waals surface area contributed by atoms with Gasteiger partial charge in [0, 0.05) is 0 Å². The third-order valence-corrected chi connectivity index (χ3v) is 3.06. The first-order valence-electron chi connectivity index (χ1n) is 6.50. The predicted molar refractivity (Wildman–Crippen MR) is 78.1 cm³/mol. The Morgan fingerprint density at radius 3 is 2.38 bits per heavy atom. The highest BCUT2D eigenvalue weighted by Gasteiger charge is 2.14. The van der Waals surface area contributed by atoms with E-state index in [0.29, 0.717) is 11.3 Å². The zero-order valence-electron chi connectivity index (χ0n) is 11.7. The van der Waals surface area contributed by atoms with Crippen molar-refractivity contribution in [3.05, 3.63) is 65.7 Å². The summed E-state index contributed by atoms with van der Waals surface area (Å²) in [7, 11) is 1.56. The van der Waals surface area contributed by atoms with Crippen LogP contribution in [0.2, 0.25) is 0 Å². The number of benzene rings is 2. The van der Waals surface area contributed by atoms with Crippen LogP contribution in [0.25, 0.3) is 0 Å². The first kappa shape index (κ1) is 14.6. The molecule has 0 N–H and O–H groups in total. The van der Waals surface area contributed by atoms with Crippen LogP contribution in [0.15, 0.2) is 54.6 Å². The summed E-state index contributed by atoms with van der Waals surface area (Å²) in [4.78, 5) is 11.9. The lowest BCUT2D eigenvalue weighted by molar-refractivity contribution is 0.0497. The second kappa shape index (κ2) is 7.11. The van der Waals surface area contributed by atoms with Crippen LogP contribution in [-0.4, -0.2) is 19.7 Å². The molecular weight excluding hydrogens is 266 g/mol.